The van der Waals surface area contributed by atoms with Gasteiger partial charge in [0.2, 0.25) is 0 Å². The van der Waals surface area contributed by atoms with Crippen molar-refractivity contribution in [1.29, 1.82) is 0 Å². The average Bonchev–Trinajstić information content (AvgIpc) is 2.37. The van der Waals surface area contributed by atoms with Crippen LogP contribution in [-0.4, -0.2) is 35.0 Å². The Balaban J connectivity index is 2.75. The molecule has 0 fully saturated rings. The molecule has 19 heavy (non-hydrogen) atoms. The van der Waals surface area contributed by atoms with E-state index in [0.717, 1.165) is 5.69 Å². The number of carbonyl (C=O) groups excluding carboxylic acids is 2. The molecule has 0 unspecified atom stereocenters. The summed E-state index contributed by atoms with van der Waals surface area (Å²) in [6.07, 6.45) is 3.40. The zero-order chi connectivity index (χ0) is 14.4. The average molecular weight is 265 g/mol. The van der Waals surface area contributed by atoms with Gasteiger partial charge in [0.05, 0.1) is 19.0 Å². The van der Waals surface area contributed by atoms with Crippen LogP contribution < -0.4 is 5.32 Å². The van der Waals surface area contributed by atoms with E-state index < -0.39 is 17.9 Å². The van der Waals surface area contributed by atoms with Gasteiger partial charge in [0.1, 0.15) is 11.7 Å². The molecule has 0 aliphatic rings. The van der Waals surface area contributed by atoms with Crippen molar-refractivity contribution in [2.75, 3.05) is 7.11 Å². The van der Waals surface area contributed by atoms with E-state index in [1.54, 1.807) is 6.92 Å². The first-order valence-electron chi connectivity index (χ1n) is 6.11. The molecule has 0 aliphatic heterocycles. The van der Waals surface area contributed by atoms with Gasteiger partial charge in [0.15, 0.2) is 0 Å². The lowest BCUT2D eigenvalue weighted by Gasteiger charge is -2.17. The summed E-state index contributed by atoms with van der Waals surface area (Å²) in [7, 11) is 1.30. The van der Waals surface area contributed by atoms with Crippen LogP contribution in [0.1, 0.15) is 36.5 Å². The Morgan fingerprint density at radius 1 is 1.32 bits per heavy atom. The highest BCUT2D eigenvalue weighted by Gasteiger charge is 2.23. The number of methoxy groups -OCH3 is 1. The van der Waals surface area contributed by atoms with Gasteiger partial charge in [-0.05, 0) is 19.3 Å². The van der Waals surface area contributed by atoms with Crippen molar-refractivity contribution in [1.82, 2.24) is 15.3 Å². The van der Waals surface area contributed by atoms with E-state index in [0.29, 0.717) is 6.42 Å². The molecule has 6 nitrogen and oxygen atoms in total. The molecule has 0 aromatic carbocycles. The summed E-state index contributed by atoms with van der Waals surface area (Å²) in [6, 6.07) is -0.666. The van der Waals surface area contributed by atoms with Crippen LogP contribution in [0.2, 0.25) is 0 Å². The Hall–Kier alpha value is -1.98. The molecular weight excluding hydrogens is 246 g/mol. The van der Waals surface area contributed by atoms with Gasteiger partial charge in [-0.15, -0.1) is 0 Å². The number of rotatable bonds is 5. The highest BCUT2D eigenvalue weighted by atomic mass is 16.5. The van der Waals surface area contributed by atoms with E-state index >= 15 is 0 Å². The van der Waals surface area contributed by atoms with E-state index in [9.17, 15) is 9.59 Å². The molecule has 0 saturated carbocycles. The number of hydrogen-bond donors (Lipinski definition) is 1. The number of carbonyl (C=O) groups is 2. The Labute approximate surface area is 112 Å². The van der Waals surface area contributed by atoms with Crippen molar-refractivity contribution in [3.8, 4) is 0 Å². The molecule has 0 bridgehead atoms. The van der Waals surface area contributed by atoms with Crippen LogP contribution in [0, 0.1) is 12.8 Å². The van der Waals surface area contributed by atoms with Gasteiger partial charge in [-0.1, -0.05) is 13.8 Å². The van der Waals surface area contributed by atoms with E-state index in [4.69, 9.17) is 0 Å². The molecule has 0 saturated heterocycles. The lowest BCUT2D eigenvalue weighted by atomic mass is 10.0. The van der Waals surface area contributed by atoms with Crippen molar-refractivity contribution in [3.05, 3.63) is 23.8 Å². The first-order chi connectivity index (χ1) is 8.93. The third-order valence-electron chi connectivity index (χ3n) is 2.51. The zero-order valence-electron chi connectivity index (χ0n) is 11.6. The minimum atomic E-state index is -0.666. The van der Waals surface area contributed by atoms with Crippen LogP contribution in [0.3, 0.4) is 0 Å². The molecule has 0 radical (unpaired) electrons. The molecule has 0 aliphatic carbocycles. The number of aryl methyl sites for hydroxylation is 1. The van der Waals surface area contributed by atoms with Crippen LogP contribution in [0.25, 0.3) is 0 Å². The van der Waals surface area contributed by atoms with Crippen LogP contribution in [-0.2, 0) is 9.53 Å². The molecule has 1 rings (SSSR count). The monoisotopic (exact) mass is 265 g/mol. The smallest absolute Gasteiger partial charge is 0.328 e. The Kier molecular flexibility index (Phi) is 5.41. The van der Waals surface area contributed by atoms with Gasteiger partial charge >= 0.3 is 5.97 Å². The maximum absolute atomic E-state index is 11.9. The standard InChI is InChI=1S/C13H19N3O3/c1-8(2)5-10(13(18)19-4)16-12(17)11-7-14-9(3)6-15-11/h6-8,10H,5H2,1-4H3,(H,16,17)/t10-/m0/s1. The van der Waals surface area contributed by atoms with Gasteiger partial charge in [0, 0.05) is 6.20 Å². The van der Waals surface area contributed by atoms with Gasteiger partial charge in [-0.2, -0.15) is 0 Å². The molecule has 1 N–H and O–H groups in total. The summed E-state index contributed by atoms with van der Waals surface area (Å²) in [6.45, 7) is 5.71. The van der Waals surface area contributed by atoms with Crippen LogP contribution in [0.15, 0.2) is 12.4 Å². The number of amides is 1. The molecule has 1 aromatic rings. The van der Waals surface area contributed by atoms with Gasteiger partial charge in [0.25, 0.3) is 5.91 Å². The molecule has 6 heteroatoms. The van der Waals surface area contributed by atoms with Crippen LogP contribution >= 0.6 is 0 Å². The number of ether oxygens (including phenoxy) is 1. The second kappa shape index (κ2) is 6.82. The Bertz CT molecular complexity index is 443. The maximum atomic E-state index is 11.9. The first kappa shape index (κ1) is 15.1. The molecule has 1 heterocycles. The van der Waals surface area contributed by atoms with Crippen LogP contribution in [0.5, 0.6) is 0 Å². The summed E-state index contributed by atoms with van der Waals surface area (Å²) in [4.78, 5) is 31.5. The minimum Gasteiger partial charge on any atom is -0.467 e. The van der Waals surface area contributed by atoms with Crippen molar-refractivity contribution in [2.24, 2.45) is 5.92 Å². The van der Waals surface area contributed by atoms with E-state index in [2.05, 4.69) is 20.0 Å². The number of aromatic nitrogens is 2. The molecule has 1 aromatic heterocycles. The molecule has 0 spiro atoms. The lowest BCUT2D eigenvalue weighted by molar-refractivity contribution is -0.143. The largest absolute Gasteiger partial charge is 0.467 e. The highest BCUT2D eigenvalue weighted by molar-refractivity contribution is 5.94. The van der Waals surface area contributed by atoms with Crippen molar-refractivity contribution in [2.45, 2.75) is 33.2 Å². The fourth-order valence-electron chi connectivity index (χ4n) is 1.57. The van der Waals surface area contributed by atoms with Gasteiger partial charge in [-0.3, -0.25) is 9.78 Å². The van der Waals surface area contributed by atoms with E-state index in [1.807, 2.05) is 13.8 Å². The predicted molar refractivity (Wildman–Crippen MR) is 69.5 cm³/mol. The third-order valence-corrected chi connectivity index (χ3v) is 2.51. The predicted octanol–water partition coefficient (Wildman–Crippen LogP) is 1.10. The third kappa shape index (κ3) is 4.65. The SMILES string of the molecule is COC(=O)[C@H](CC(C)C)NC(=O)c1cnc(C)cn1. The molecule has 1 amide bonds. The summed E-state index contributed by atoms with van der Waals surface area (Å²) < 4.78 is 4.68. The normalized spacial score (nSPS) is 12.1. The summed E-state index contributed by atoms with van der Waals surface area (Å²) in [5.41, 5.74) is 0.909. The maximum Gasteiger partial charge on any atom is 0.328 e. The highest BCUT2D eigenvalue weighted by Crippen LogP contribution is 2.07. The first-order valence-corrected chi connectivity index (χ1v) is 6.11. The fourth-order valence-corrected chi connectivity index (χ4v) is 1.57. The topological polar surface area (TPSA) is 81.2 Å². The number of hydrogen-bond acceptors (Lipinski definition) is 5. The quantitative estimate of drug-likeness (QED) is 0.806. The molecule has 104 valence electrons. The molecule has 1 atom stereocenters. The summed E-state index contributed by atoms with van der Waals surface area (Å²) in [5.74, 6) is -0.626. The summed E-state index contributed by atoms with van der Waals surface area (Å²) >= 11 is 0. The summed E-state index contributed by atoms with van der Waals surface area (Å²) in [5, 5.41) is 2.62. The van der Waals surface area contributed by atoms with Gasteiger partial charge in [-0.25, -0.2) is 9.78 Å². The van der Waals surface area contributed by atoms with E-state index in [-0.39, 0.29) is 11.6 Å². The number of nitrogens with one attached hydrogen (secondary N) is 1. The molecular formula is C13H19N3O3. The van der Waals surface area contributed by atoms with Crippen molar-refractivity contribution in [3.63, 3.8) is 0 Å². The zero-order valence-corrected chi connectivity index (χ0v) is 11.6. The second-order valence-electron chi connectivity index (χ2n) is 4.72. The van der Waals surface area contributed by atoms with Gasteiger partial charge < -0.3 is 10.1 Å². The Morgan fingerprint density at radius 3 is 2.47 bits per heavy atom. The van der Waals surface area contributed by atoms with Crippen LogP contribution in [0.4, 0.5) is 0 Å². The number of nitrogens with zero attached hydrogens (tertiary/aromatic N) is 2. The Morgan fingerprint density at radius 2 is 2.00 bits per heavy atom. The lowest BCUT2D eigenvalue weighted by Crippen LogP contribution is -2.42. The number of esters is 1. The van der Waals surface area contributed by atoms with Crippen molar-refractivity contribution < 1.29 is 14.3 Å². The van der Waals surface area contributed by atoms with E-state index in [1.165, 1.54) is 19.5 Å². The fraction of sp³-hybridized carbons (Fsp3) is 0.538. The van der Waals surface area contributed by atoms with Crippen molar-refractivity contribution >= 4 is 11.9 Å². The second-order valence-corrected chi connectivity index (χ2v) is 4.72. The minimum absolute atomic E-state index is 0.184.